The first-order chi connectivity index (χ1) is 10.9. The van der Waals surface area contributed by atoms with Gasteiger partial charge < -0.3 is 14.4 Å². The Labute approximate surface area is 146 Å². The van der Waals surface area contributed by atoms with Crippen LogP contribution in [0.25, 0.3) is 10.9 Å². The normalized spacial score (nSPS) is 10.9. The maximum atomic E-state index is 10.9. The molecule has 0 saturated carbocycles. The summed E-state index contributed by atoms with van der Waals surface area (Å²) < 4.78 is 6.59. The molecule has 0 radical (unpaired) electrons. The average molecular weight is 371 g/mol. The Kier molecular flexibility index (Phi) is 4.39. The number of carbonyl (C=O) groups is 1. The van der Waals surface area contributed by atoms with Crippen LogP contribution in [0.1, 0.15) is 5.56 Å². The molecule has 1 N–H and O–H groups in total. The smallest absolute Gasteiger partial charge is 0.449 e. The van der Waals surface area contributed by atoms with Gasteiger partial charge in [0.15, 0.2) is 0 Å². The summed E-state index contributed by atoms with van der Waals surface area (Å²) >= 11 is 18.0. The van der Waals surface area contributed by atoms with Crippen LogP contribution in [0.15, 0.2) is 42.5 Å². The van der Waals surface area contributed by atoms with Crippen molar-refractivity contribution >= 4 is 51.9 Å². The molecule has 0 aliphatic rings. The number of hydrogen-bond donors (Lipinski definition) is 1. The fraction of sp³-hybridized carbons (Fsp3) is 0.0625. The summed E-state index contributed by atoms with van der Waals surface area (Å²) in [5.41, 5.74) is 1.62. The number of hydrogen-bond acceptors (Lipinski definition) is 2. The van der Waals surface area contributed by atoms with Crippen LogP contribution in [-0.4, -0.2) is 15.8 Å². The molecule has 118 valence electrons. The summed E-state index contributed by atoms with van der Waals surface area (Å²) in [5, 5.41) is 11.2. The Morgan fingerprint density at radius 1 is 1.04 bits per heavy atom. The first-order valence-electron chi connectivity index (χ1n) is 6.57. The molecule has 0 spiro atoms. The predicted octanol–water partition coefficient (Wildman–Crippen LogP) is 5.71. The van der Waals surface area contributed by atoms with Gasteiger partial charge in [-0.3, -0.25) is 0 Å². The van der Waals surface area contributed by atoms with Gasteiger partial charge in [-0.05, 0) is 29.8 Å². The molecule has 0 aliphatic carbocycles. The number of nitrogens with zero attached hydrogens (tertiary/aromatic N) is 1. The minimum absolute atomic E-state index is 0.209. The highest BCUT2D eigenvalue weighted by Gasteiger charge is 2.14. The van der Waals surface area contributed by atoms with E-state index in [1.165, 1.54) is 0 Å². The van der Waals surface area contributed by atoms with Crippen LogP contribution >= 0.6 is 34.8 Å². The molecule has 7 heteroatoms. The summed E-state index contributed by atoms with van der Waals surface area (Å²) in [5.74, 6) is 0.209. The summed E-state index contributed by atoms with van der Waals surface area (Å²) in [6.45, 7) is 0.364. The number of halogens is 3. The van der Waals surface area contributed by atoms with Crippen molar-refractivity contribution in [2.75, 3.05) is 0 Å². The van der Waals surface area contributed by atoms with E-state index in [1.54, 1.807) is 41.0 Å². The second-order valence-corrected chi connectivity index (χ2v) is 6.14. The van der Waals surface area contributed by atoms with Crippen LogP contribution in [0.2, 0.25) is 15.1 Å². The van der Waals surface area contributed by atoms with E-state index in [4.69, 9.17) is 44.6 Å². The van der Waals surface area contributed by atoms with E-state index in [0.717, 1.165) is 16.5 Å². The molecule has 0 unspecified atom stereocenters. The molecule has 0 amide bonds. The predicted molar refractivity (Wildman–Crippen MR) is 91.2 cm³/mol. The van der Waals surface area contributed by atoms with E-state index < -0.39 is 6.16 Å². The van der Waals surface area contributed by atoms with Crippen LogP contribution in [0, 0.1) is 0 Å². The highest BCUT2D eigenvalue weighted by Crippen LogP contribution is 2.30. The van der Waals surface area contributed by atoms with Crippen LogP contribution in [0.4, 0.5) is 4.79 Å². The Morgan fingerprint density at radius 2 is 1.83 bits per heavy atom. The van der Waals surface area contributed by atoms with E-state index in [9.17, 15) is 4.79 Å². The van der Waals surface area contributed by atoms with Crippen molar-refractivity contribution < 1.29 is 14.6 Å². The fourth-order valence-electron chi connectivity index (χ4n) is 2.36. The minimum atomic E-state index is -1.38. The largest absolute Gasteiger partial charge is 0.512 e. The van der Waals surface area contributed by atoms with Crippen molar-refractivity contribution in [2.24, 2.45) is 0 Å². The molecule has 0 atom stereocenters. The maximum absolute atomic E-state index is 10.9. The van der Waals surface area contributed by atoms with Gasteiger partial charge in [0.25, 0.3) is 0 Å². The van der Waals surface area contributed by atoms with Gasteiger partial charge >= 0.3 is 6.16 Å². The Balaban J connectivity index is 2.10. The zero-order valence-corrected chi connectivity index (χ0v) is 13.9. The van der Waals surface area contributed by atoms with Crippen LogP contribution in [0.5, 0.6) is 5.88 Å². The van der Waals surface area contributed by atoms with Crippen molar-refractivity contribution in [3.8, 4) is 5.88 Å². The van der Waals surface area contributed by atoms with E-state index in [-0.39, 0.29) is 5.88 Å². The van der Waals surface area contributed by atoms with Crippen molar-refractivity contribution in [1.29, 1.82) is 0 Å². The average Bonchev–Trinajstić information content (AvgIpc) is 2.79. The maximum Gasteiger partial charge on any atom is 0.512 e. The van der Waals surface area contributed by atoms with Gasteiger partial charge in [-0.1, -0.05) is 46.9 Å². The molecule has 3 rings (SSSR count). The lowest BCUT2D eigenvalue weighted by Gasteiger charge is -2.10. The molecule has 2 aromatic carbocycles. The molecule has 0 saturated heterocycles. The highest BCUT2D eigenvalue weighted by molar-refractivity contribution is 6.42. The monoisotopic (exact) mass is 369 g/mol. The number of carboxylic acid groups (broad SMARTS) is 1. The lowest BCUT2D eigenvalue weighted by molar-refractivity contribution is 0.141. The minimum Gasteiger partial charge on any atom is -0.449 e. The Bertz CT molecular complexity index is 905. The summed E-state index contributed by atoms with van der Waals surface area (Å²) in [7, 11) is 0. The van der Waals surface area contributed by atoms with Crippen LogP contribution in [0.3, 0.4) is 0 Å². The quantitative estimate of drug-likeness (QED) is 0.601. The van der Waals surface area contributed by atoms with Gasteiger partial charge in [0.2, 0.25) is 5.88 Å². The lowest BCUT2D eigenvalue weighted by Crippen LogP contribution is -2.09. The molecule has 0 fully saturated rings. The van der Waals surface area contributed by atoms with Gasteiger partial charge in [-0.2, -0.15) is 0 Å². The van der Waals surface area contributed by atoms with E-state index in [2.05, 4.69) is 0 Å². The SMILES string of the molecule is O=C(O)Oc1cc2ccc(Cl)cc2n1Cc1ccc(Cl)c(Cl)c1. The van der Waals surface area contributed by atoms with Gasteiger partial charge in [0, 0.05) is 16.5 Å². The van der Waals surface area contributed by atoms with Gasteiger partial charge in [-0.15, -0.1) is 0 Å². The van der Waals surface area contributed by atoms with Crippen LogP contribution < -0.4 is 4.74 Å². The molecular weight excluding hydrogens is 361 g/mol. The molecule has 4 nitrogen and oxygen atoms in total. The fourth-order valence-corrected chi connectivity index (χ4v) is 2.85. The number of rotatable bonds is 3. The number of benzene rings is 2. The molecule has 3 aromatic rings. The second kappa shape index (κ2) is 6.32. The molecule has 1 aromatic heterocycles. The van der Waals surface area contributed by atoms with Crippen LogP contribution in [-0.2, 0) is 6.54 Å². The van der Waals surface area contributed by atoms with Gasteiger partial charge in [0.1, 0.15) is 0 Å². The summed E-state index contributed by atoms with van der Waals surface area (Å²) in [6.07, 6.45) is -1.38. The van der Waals surface area contributed by atoms with E-state index in [0.29, 0.717) is 21.6 Å². The third-order valence-corrected chi connectivity index (χ3v) is 4.32. The Morgan fingerprint density at radius 3 is 2.52 bits per heavy atom. The molecular formula is C16H10Cl3NO3. The zero-order chi connectivity index (χ0) is 16.6. The first-order valence-corrected chi connectivity index (χ1v) is 7.71. The second-order valence-electron chi connectivity index (χ2n) is 4.89. The highest BCUT2D eigenvalue weighted by atomic mass is 35.5. The van der Waals surface area contributed by atoms with Crippen molar-refractivity contribution in [2.45, 2.75) is 6.54 Å². The van der Waals surface area contributed by atoms with Crippen molar-refractivity contribution in [1.82, 2.24) is 4.57 Å². The topological polar surface area (TPSA) is 51.5 Å². The lowest BCUT2D eigenvalue weighted by atomic mass is 10.2. The van der Waals surface area contributed by atoms with Crippen molar-refractivity contribution in [3.05, 3.63) is 63.1 Å². The Hall–Kier alpha value is -1.88. The molecule has 0 aliphatic heterocycles. The number of fused-ring (bicyclic) bond motifs is 1. The zero-order valence-electron chi connectivity index (χ0n) is 11.6. The van der Waals surface area contributed by atoms with Gasteiger partial charge in [-0.25, -0.2) is 4.79 Å². The summed E-state index contributed by atoms with van der Waals surface area (Å²) in [4.78, 5) is 10.9. The number of ether oxygens (including phenoxy) is 1. The molecule has 1 heterocycles. The third-order valence-electron chi connectivity index (χ3n) is 3.34. The van der Waals surface area contributed by atoms with E-state index in [1.807, 2.05) is 6.07 Å². The van der Waals surface area contributed by atoms with Gasteiger partial charge in [0.05, 0.1) is 22.1 Å². The first kappa shape index (κ1) is 16.0. The molecule has 0 bridgehead atoms. The van der Waals surface area contributed by atoms with E-state index >= 15 is 0 Å². The standard InChI is InChI=1S/C16H10Cl3NO3/c17-11-3-2-10-6-15(23-16(21)22)20(14(10)7-11)8-9-1-4-12(18)13(19)5-9/h1-7H,8H2,(H,21,22). The third kappa shape index (κ3) is 3.39. The van der Waals surface area contributed by atoms with Crippen molar-refractivity contribution in [3.63, 3.8) is 0 Å². The molecule has 23 heavy (non-hydrogen) atoms. The number of aromatic nitrogens is 1. The summed E-state index contributed by atoms with van der Waals surface area (Å²) in [6, 6.07) is 12.2.